The van der Waals surface area contributed by atoms with E-state index < -0.39 is 0 Å². The molecule has 1 amide bonds. The molecular weight excluding hydrogens is 421 g/mol. The molecule has 23 heavy (non-hydrogen) atoms. The first-order chi connectivity index (χ1) is 11.0. The molecule has 0 saturated heterocycles. The van der Waals surface area contributed by atoms with Gasteiger partial charge in [0.2, 0.25) is 5.13 Å². The molecule has 0 spiro atoms. The standard InChI is InChI=1S/C15H8BrCl2N3OS/c16-9-3-1-2-8(6-9)13(22)19-15-21-20-14(23-15)11-5-4-10(17)7-12(11)18/h1-7H,(H,19,21,22). The number of hydrogen-bond acceptors (Lipinski definition) is 4. The molecule has 116 valence electrons. The summed E-state index contributed by atoms with van der Waals surface area (Å²) in [6.45, 7) is 0. The van der Waals surface area contributed by atoms with E-state index in [2.05, 4.69) is 31.4 Å². The maximum absolute atomic E-state index is 12.2. The number of aromatic nitrogens is 2. The number of hydrogen-bond donors (Lipinski definition) is 1. The summed E-state index contributed by atoms with van der Waals surface area (Å²) in [5, 5.41) is 12.8. The van der Waals surface area contributed by atoms with E-state index in [1.54, 1.807) is 36.4 Å². The van der Waals surface area contributed by atoms with Crippen molar-refractivity contribution in [1.29, 1.82) is 0 Å². The van der Waals surface area contributed by atoms with E-state index in [0.717, 1.165) is 10.0 Å². The molecule has 3 rings (SSSR count). The molecule has 0 aliphatic carbocycles. The summed E-state index contributed by atoms with van der Waals surface area (Å²) in [7, 11) is 0. The van der Waals surface area contributed by atoms with Crippen LogP contribution in [0.3, 0.4) is 0 Å². The van der Waals surface area contributed by atoms with Crippen LogP contribution >= 0.6 is 50.5 Å². The molecular formula is C15H8BrCl2N3OS. The number of anilines is 1. The summed E-state index contributed by atoms with van der Waals surface area (Å²) in [6, 6.07) is 12.2. The Morgan fingerprint density at radius 1 is 1.13 bits per heavy atom. The number of benzene rings is 2. The minimum Gasteiger partial charge on any atom is -0.296 e. The van der Waals surface area contributed by atoms with E-state index in [4.69, 9.17) is 23.2 Å². The molecule has 8 heteroatoms. The van der Waals surface area contributed by atoms with Gasteiger partial charge < -0.3 is 0 Å². The molecule has 1 aromatic heterocycles. The minimum absolute atomic E-state index is 0.254. The van der Waals surface area contributed by atoms with Gasteiger partial charge in [-0.2, -0.15) is 0 Å². The highest BCUT2D eigenvalue weighted by molar-refractivity contribution is 9.10. The van der Waals surface area contributed by atoms with Crippen molar-refractivity contribution < 1.29 is 4.79 Å². The summed E-state index contributed by atoms with van der Waals surface area (Å²) in [5.74, 6) is -0.254. The van der Waals surface area contributed by atoms with Gasteiger partial charge in [0.1, 0.15) is 0 Å². The molecule has 0 aliphatic rings. The van der Waals surface area contributed by atoms with Gasteiger partial charge in [-0.25, -0.2) is 0 Å². The SMILES string of the molecule is O=C(Nc1nnc(-c2ccc(Cl)cc2Cl)s1)c1cccc(Br)c1. The number of nitrogens with zero attached hydrogens (tertiary/aromatic N) is 2. The second-order valence-corrected chi connectivity index (χ2v) is 7.24. The van der Waals surface area contributed by atoms with Crippen molar-refractivity contribution >= 4 is 61.5 Å². The van der Waals surface area contributed by atoms with Crippen LogP contribution in [-0.4, -0.2) is 16.1 Å². The van der Waals surface area contributed by atoms with Crippen LogP contribution in [0.15, 0.2) is 46.9 Å². The zero-order valence-electron chi connectivity index (χ0n) is 11.4. The third-order valence-electron chi connectivity index (χ3n) is 2.89. The van der Waals surface area contributed by atoms with Crippen molar-refractivity contribution in [2.75, 3.05) is 5.32 Å². The lowest BCUT2D eigenvalue weighted by molar-refractivity contribution is 0.102. The number of carbonyl (C=O) groups excluding carboxylic acids is 1. The highest BCUT2D eigenvalue weighted by Gasteiger charge is 2.13. The van der Waals surface area contributed by atoms with Gasteiger partial charge in [-0.1, -0.05) is 56.5 Å². The Morgan fingerprint density at radius 2 is 1.96 bits per heavy atom. The van der Waals surface area contributed by atoms with Gasteiger partial charge in [0, 0.05) is 20.6 Å². The van der Waals surface area contributed by atoms with Crippen molar-refractivity contribution in [1.82, 2.24) is 10.2 Å². The molecule has 2 aromatic carbocycles. The Hall–Kier alpha value is -1.47. The first-order valence-corrected chi connectivity index (χ1v) is 8.75. The Labute approximate surface area is 154 Å². The molecule has 4 nitrogen and oxygen atoms in total. The van der Waals surface area contributed by atoms with E-state index in [1.807, 2.05) is 6.07 Å². The van der Waals surface area contributed by atoms with Crippen molar-refractivity contribution in [2.24, 2.45) is 0 Å². The van der Waals surface area contributed by atoms with E-state index >= 15 is 0 Å². The zero-order valence-corrected chi connectivity index (χ0v) is 15.3. The lowest BCUT2D eigenvalue weighted by Crippen LogP contribution is -2.11. The summed E-state index contributed by atoms with van der Waals surface area (Å²) in [5.41, 5.74) is 1.25. The molecule has 3 aromatic rings. The lowest BCUT2D eigenvalue weighted by Gasteiger charge is -2.01. The van der Waals surface area contributed by atoms with Crippen molar-refractivity contribution in [3.05, 3.63) is 62.5 Å². The molecule has 1 N–H and O–H groups in total. The zero-order chi connectivity index (χ0) is 16.4. The number of amides is 1. The van der Waals surface area contributed by atoms with Crippen LogP contribution in [-0.2, 0) is 0 Å². The Morgan fingerprint density at radius 3 is 2.70 bits per heavy atom. The molecule has 0 unspecified atom stereocenters. The summed E-state index contributed by atoms with van der Waals surface area (Å²) >= 11 is 16.6. The Kier molecular flexibility index (Phi) is 4.96. The minimum atomic E-state index is -0.254. The summed E-state index contributed by atoms with van der Waals surface area (Å²) < 4.78 is 0.830. The molecule has 0 aliphatic heterocycles. The van der Waals surface area contributed by atoms with Crippen LogP contribution in [0.1, 0.15) is 10.4 Å². The third kappa shape index (κ3) is 3.90. The number of nitrogens with one attached hydrogen (secondary N) is 1. The second kappa shape index (κ2) is 6.97. The Bertz CT molecular complexity index is 885. The van der Waals surface area contributed by atoms with Gasteiger partial charge in [0.05, 0.1) is 5.02 Å². The average Bonchev–Trinajstić information content (AvgIpc) is 2.95. The fourth-order valence-electron chi connectivity index (χ4n) is 1.84. The smallest absolute Gasteiger partial charge is 0.257 e. The van der Waals surface area contributed by atoms with Crippen molar-refractivity contribution in [2.45, 2.75) is 0 Å². The van der Waals surface area contributed by atoms with E-state index in [0.29, 0.717) is 25.7 Å². The quantitative estimate of drug-likeness (QED) is 0.596. The van der Waals surface area contributed by atoms with Gasteiger partial charge in [-0.05, 0) is 36.4 Å². The predicted molar refractivity (Wildman–Crippen MR) is 97.5 cm³/mol. The number of halogens is 3. The van der Waals surface area contributed by atoms with Crippen LogP contribution in [0.2, 0.25) is 10.0 Å². The maximum atomic E-state index is 12.2. The fraction of sp³-hybridized carbons (Fsp3) is 0. The largest absolute Gasteiger partial charge is 0.296 e. The first-order valence-electron chi connectivity index (χ1n) is 6.39. The van der Waals surface area contributed by atoms with Gasteiger partial charge in [-0.3, -0.25) is 10.1 Å². The summed E-state index contributed by atoms with van der Waals surface area (Å²) in [6.07, 6.45) is 0. The second-order valence-electron chi connectivity index (χ2n) is 4.50. The van der Waals surface area contributed by atoms with E-state index in [1.165, 1.54) is 11.3 Å². The highest BCUT2D eigenvalue weighted by Crippen LogP contribution is 2.33. The Balaban J connectivity index is 1.81. The van der Waals surface area contributed by atoms with Crippen LogP contribution in [0.4, 0.5) is 5.13 Å². The van der Waals surface area contributed by atoms with Crippen LogP contribution < -0.4 is 5.32 Å². The van der Waals surface area contributed by atoms with Crippen molar-refractivity contribution in [3.8, 4) is 10.6 Å². The topological polar surface area (TPSA) is 54.9 Å². The molecule has 0 fully saturated rings. The molecule has 1 heterocycles. The monoisotopic (exact) mass is 427 g/mol. The van der Waals surface area contributed by atoms with Crippen molar-refractivity contribution in [3.63, 3.8) is 0 Å². The molecule has 0 radical (unpaired) electrons. The van der Waals surface area contributed by atoms with Crippen LogP contribution in [0.25, 0.3) is 10.6 Å². The molecule has 0 atom stereocenters. The maximum Gasteiger partial charge on any atom is 0.257 e. The van der Waals surface area contributed by atoms with Crippen LogP contribution in [0.5, 0.6) is 0 Å². The number of carbonyl (C=O) groups is 1. The van der Waals surface area contributed by atoms with Gasteiger partial charge in [0.15, 0.2) is 5.01 Å². The predicted octanol–water partition coefficient (Wildman–Crippen LogP) is 5.53. The first kappa shape index (κ1) is 16.4. The molecule has 0 bridgehead atoms. The van der Waals surface area contributed by atoms with Gasteiger partial charge in [0.25, 0.3) is 5.91 Å². The number of rotatable bonds is 3. The van der Waals surface area contributed by atoms with Crippen LogP contribution in [0, 0.1) is 0 Å². The fourth-order valence-corrected chi connectivity index (χ4v) is 3.58. The third-order valence-corrected chi connectivity index (χ3v) is 4.81. The van der Waals surface area contributed by atoms with Gasteiger partial charge >= 0.3 is 0 Å². The average molecular weight is 429 g/mol. The highest BCUT2D eigenvalue weighted by atomic mass is 79.9. The van der Waals surface area contributed by atoms with E-state index in [-0.39, 0.29) is 5.91 Å². The normalized spacial score (nSPS) is 10.6. The van der Waals surface area contributed by atoms with Gasteiger partial charge in [-0.15, -0.1) is 10.2 Å². The van der Waals surface area contributed by atoms with E-state index in [9.17, 15) is 4.79 Å². The summed E-state index contributed by atoms with van der Waals surface area (Å²) in [4.78, 5) is 12.2. The lowest BCUT2D eigenvalue weighted by atomic mass is 10.2. The molecule has 0 saturated carbocycles.